The third-order valence-electron chi connectivity index (χ3n) is 8.53. The number of aromatic nitrogens is 3. The molecule has 1 aliphatic rings. The van der Waals surface area contributed by atoms with Gasteiger partial charge in [0.25, 0.3) is 0 Å². The van der Waals surface area contributed by atoms with Gasteiger partial charge in [-0.25, -0.2) is 15.0 Å². The lowest BCUT2D eigenvalue weighted by Crippen LogP contribution is -2.01. The molecule has 0 N–H and O–H groups in total. The topological polar surface area (TPSA) is 47.9 Å². The standard InChI is InChI=1S/C41H25N3O/c1-2-10-29(11-3-1)39-42-40(30-21-19-27(20-22-30)33-16-6-12-26-9-4-5-15-32(26)33)44-41(43-39)31-23-24-34-35-17-7-13-28-14-8-18-36(38(28)35)45-37(34)25-31/h1-25H. The minimum atomic E-state index is 0.598. The predicted octanol–water partition coefficient (Wildman–Crippen LogP) is 10.6. The van der Waals surface area contributed by atoms with Crippen LogP contribution in [0.4, 0.5) is 0 Å². The number of nitrogens with zero attached hydrogens (tertiary/aromatic N) is 3. The van der Waals surface area contributed by atoms with Gasteiger partial charge in [0.15, 0.2) is 17.5 Å². The normalized spacial score (nSPS) is 11.7. The van der Waals surface area contributed by atoms with Crippen LogP contribution in [0, 0.1) is 0 Å². The Morgan fingerprint density at radius 1 is 0.356 bits per heavy atom. The van der Waals surface area contributed by atoms with Crippen molar-refractivity contribution >= 4 is 21.5 Å². The van der Waals surface area contributed by atoms with Gasteiger partial charge in [0, 0.05) is 27.6 Å². The summed E-state index contributed by atoms with van der Waals surface area (Å²) in [4.78, 5) is 14.9. The molecule has 0 saturated heterocycles. The van der Waals surface area contributed by atoms with E-state index >= 15 is 0 Å². The summed E-state index contributed by atoms with van der Waals surface area (Å²) in [6.07, 6.45) is 0. The predicted molar refractivity (Wildman–Crippen MR) is 182 cm³/mol. The molecule has 0 aliphatic carbocycles. The van der Waals surface area contributed by atoms with E-state index in [1.165, 1.54) is 27.3 Å². The molecule has 0 atom stereocenters. The molecule has 9 rings (SSSR count). The maximum absolute atomic E-state index is 6.46. The number of hydrogen-bond donors (Lipinski definition) is 0. The number of benzene rings is 7. The van der Waals surface area contributed by atoms with Crippen molar-refractivity contribution in [2.75, 3.05) is 0 Å². The van der Waals surface area contributed by atoms with E-state index in [1.807, 2.05) is 48.5 Å². The van der Waals surface area contributed by atoms with Crippen LogP contribution in [0.15, 0.2) is 152 Å². The Kier molecular flexibility index (Phi) is 5.78. The molecule has 45 heavy (non-hydrogen) atoms. The van der Waals surface area contributed by atoms with E-state index in [0.717, 1.165) is 44.7 Å². The number of rotatable bonds is 4. The van der Waals surface area contributed by atoms with Crippen LogP contribution in [0.25, 0.3) is 78.0 Å². The summed E-state index contributed by atoms with van der Waals surface area (Å²) < 4.78 is 6.46. The second-order valence-electron chi connectivity index (χ2n) is 11.2. The molecule has 0 saturated carbocycles. The van der Waals surface area contributed by atoms with E-state index in [-0.39, 0.29) is 0 Å². The van der Waals surface area contributed by atoms with Gasteiger partial charge < -0.3 is 4.74 Å². The van der Waals surface area contributed by atoms with Gasteiger partial charge >= 0.3 is 0 Å². The molecule has 210 valence electrons. The fourth-order valence-corrected chi connectivity index (χ4v) is 6.33. The fraction of sp³-hybridized carbons (Fsp3) is 0. The van der Waals surface area contributed by atoms with Crippen molar-refractivity contribution in [2.45, 2.75) is 0 Å². The third kappa shape index (κ3) is 4.35. The molecule has 1 aromatic heterocycles. The summed E-state index contributed by atoms with van der Waals surface area (Å²) in [5.41, 5.74) is 7.31. The van der Waals surface area contributed by atoms with Crippen LogP contribution < -0.4 is 4.74 Å². The largest absolute Gasteiger partial charge is 0.456 e. The Balaban J connectivity index is 1.15. The van der Waals surface area contributed by atoms with Crippen molar-refractivity contribution in [1.29, 1.82) is 0 Å². The molecular weight excluding hydrogens is 550 g/mol. The van der Waals surface area contributed by atoms with Gasteiger partial charge in [-0.3, -0.25) is 0 Å². The first kappa shape index (κ1) is 25.4. The number of hydrogen-bond acceptors (Lipinski definition) is 4. The van der Waals surface area contributed by atoms with Crippen LogP contribution in [0.1, 0.15) is 0 Å². The highest BCUT2D eigenvalue weighted by Gasteiger charge is 2.21. The SMILES string of the molecule is c1ccc(-c2nc(-c3ccc(-c4cccc5ccccc45)cc3)nc(-c3ccc4c(c3)Oc3cccc5cccc-4c35)n2)cc1. The highest BCUT2D eigenvalue weighted by atomic mass is 16.5. The molecule has 1 aliphatic heterocycles. The zero-order chi connectivity index (χ0) is 29.7. The van der Waals surface area contributed by atoms with E-state index in [0.29, 0.717) is 17.5 Å². The summed E-state index contributed by atoms with van der Waals surface area (Å²) in [5.74, 6) is 3.50. The first-order chi connectivity index (χ1) is 22.3. The number of fused-ring (bicyclic) bond motifs is 3. The van der Waals surface area contributed by atoms with Gasteiger partial charge in [0.2, 0.25) is 0 Å². The first-order valence-electron chi connectivity index (χ1n) is 15.0. The van der Waals surface area contributed by atoms with Crippen LogP contribution in [0.3, 0.4) is 0 Å². The lowest BCUT2D eigenvalue weighted by Gasteiger charge is -2.21. The molecule has 4 heteroatoms. The Morgan fingerprint density at radius 2 is 0.933 bits per heavy atom. The van der Waals surface area contributed by atoms with Crippen molar-refractivity contribution in [3.05, 3.63) is 152 Å². The molecule has 0 unspecified atom stereocenters. The minimum absolute atomic E-state index is 0.598. The number of ether oxygens (including phenoxy) is 1. The second kappa shape index (κ2) is 10.2. The van der Waals surface area contributed by atoms with Gasteiger partial charge in [-0.05, 0) is 51.0 Å². The van der Waals surface area contributed by atoms with Gasteiger partial charge in [0.1, 0.15) is 11.5 Å². The summed E-state index contributed by atoms with van der Waals surface area (Å²) >= 11 is 0. The molecule has 0 fully saturated rings. The van der Waals surface area contributed by atoms with Crippen LogP contribution in [0.5, 0.6) is 11.5 Å². The van der Waals surface area contributed by atoms with Gasteiger partial charge in [-0.1, -0.05) is 133 Å². The van der Waals surface area contributed by atoms with Crippen molar-refractivity contribution < 1.29 is 4.74 Å². The van der Waals surface area contributed by atoms with Crippen LogP contribution in [0.2, 0.25) is 0 Å². The average Bonchev–Trinajstić information content (AvgIpc) is 3.12. The molecule has 0 spiro atoms. The fourth-order valence-electron chi connectivity index (χ4n) is 6.33. The van der Waals surface area contributed by atoms with Gasteiger partial charge in [-0.15, -0.1) is 0 Å². The maximum Gasteiger partial charge on any atom is 0.164 e. The zero-order valence-corrected chi connectivity index (χ0v) is 24.2. The Bertz CT molecular complexity index is 2390. The molecule has 7 aromatic carbocycles. The minimum Gasteiger partial charge on any atom is -0.456 e. The summed E-state index contributed by atoms with van der Waals surface area (Å²) in [6, 6.07) is 52.2. The van der Waals surface area contributed by atoms with Gasteiger partial charge in [0.05, 0.1) is 0 Å². The van der Waals surface area contributed by atoms with Crippen molar-refractivity contribution in [3.63, 3.8) is 0 Å². The van der Waals surface area contributed by atoms with E-state index in [4.69, 9.17) is 19.7 Å². The summed E-state index contributed by atoms with van der Waals surface area (Å²) in [6.45, 7) is 0. The van der Waals surface area contributed by atoms with Crippen molar-refractivity contribution in [2.24, 2.45) is 0 Å². The molecule has 8 aromatic rings. The first-order valence-corrected chi connectivity index (χ1v) is 15.0. The molecular formula is C41H25N3O. The quantitative estimate of drug-likeness (QED) is 0.209. The molecule has 2 heterocycles. The monoisotopic (exact) mass is 575 g/mol. The Hall–Kier alpha value is -6.13. The molecule has 0 amide bonds. The smallest absolute Gasteiger partial charge is 0.164 e. The third-order valence-corrected chi connectivity index (χ3v) is 8.53. The molecule has 0 bridgehead atoms. The van der Waals surface area contributed by atoms with Crippen molar-refractivity contribution in [1.82, 2.24) is 15.0 Å². The Morgan fingerprint density at radius 3 is 1.73 bits per heavy atom. The molecule has 4 nitrogen and oxygen atoms in total. The molecule has 0 radical (unpaired) electrons. The van der Waals surface area contributed by atoms with Gasteiger partial charge in [-0.2, -0.15) is 0 Å². The summed E-state index contributed by atoms with van der Waals surface area (Å²) in [5, 5.41) is 4.76. The highest BCUT2D eigenvalue weighted by Crippen LogP contribution is 2.47. The van der Waals surface area contributed by atoms with Crippen LogP contribution in [-0.2, 0) is 0 Å². The lowest BCUT2D eigenvalue weighted by molar-refractivity contribution is 0.487. The van der Waals surface area contributed by atoms with E-state index in [1.54, 1.807) is 0 Å². The van der Waals surface area contributed by atoms with Crippen LogP contribution >= 0.6 is 0 Å². The van der Waals surface area contributed by atoms with E-state index < -0.39 is 0 Å². The summed E-state index contributed by atoms with van der Waals surface area (Å²) in [7, 11) is 0. The maximum atomic E-state index is 6.46. The average molecular weight is 576 g/mol. The second-order valence-corrected chi connectivity index (χ2v) is 11.2. The highest BCUT2D eigenvalue weighted by molar-refractivity contribution is 6.04. The van der Waals surface area contributed by atoms with E-state index in [9.17, 15) is 0 Å². The zero-order valence-electron chi connectivity index (χ0n) is 24.2. The van der Waals surface area contributed by atoms with Crippen LogP contribution in [-0.4, -0.2) is 15.0 Å². The lowest BCUT2D eigenvalue weighted by atomic mass is 9.94. The Labute approximate surface area is 260 Å². The van der Waals surface area contributed by atoms with Crippen molar-refractivity contribution in [3.8, 4) is 67.9 Å². The van der Waals surface area contributed by atoms with E-state index in [2.05, 4.69) is 103 Å².